The fourth-order valence-electron chi connectivity index (χ4n) is 3.56. The predicted molar refractivity (Wildman–Crippen MR) is 105 cm³/mol. The van der Waals surface area contributed by atoms with Crippen molar-refractivity contribution < 1.29 is 13.2 Å². The quantitative estimate of drug-likeness (QED) is 0.847. The number of carbonyl (C=O) groups excluding carboxylic acids is 1. The number of rotatable bonds is 5. The lowest BCUT2D eigenvalue weighted by molar-refractivity contribution is 0.0791. The second-order valence-corrected chi connectivity index (χ2v) is 10.4. The van der Waals surface area contributed by atoms with Gasteiger partial charge in [-0.2, -0.15) is 0 Å². The molecule has 5 nitrogen and oxygen atoms in total. The summed E-state index contributed by atoms with van der Waals surface area (Å²) in [6, 6.07) is 11.9. The minimum Gasteiger partial charge on any atom is -0.337 e. The number of carbonyl (C=O) groups is 1. The van der Waals surface area contributed by atoms with Crippen LogP contribution in [0, 0.1) is 12.8 Å². The topological polar surface area (TPSA) is 80.5 Å². The van der Waals surface area contributed by atoms with Crippen molar-refractivity contribution in [3.05, 3.63) is 57.3 Å². The standard InChI is InChI=1S/C19H24N2O3S2/c1-13-15(12-26(2,23)24)8-18(25-13)19(22)21-10-16(9-20)17(11-21)14-6-4-3-5-7-14/h3-8,16-17H,9-12,20H2,1-2H3/t16-,17+/m1/s1. The summed E-state index contributed by atoms with van der Waals surface area (Å²) in [4.78, 5) is 16.3. The Morgan fingerprint density at radius 2 is 1.96 bits per heavy atom. The molecule has 0 saturated carbocycles. The molecule has 2 aromatic rings. The van der Waals surface area contributed by atoms with Crippen molar-refractivity contribution in [2.24, 2.45) is 11.7 Å². The molecule has 2 atom stereocenters. The molecule has 1 aromatic carbocycles. The highest BCUT2D eigenvalue weighted by Crippen LogP contribution is 2.34. The van der Waals surface area contributed by atoms with E-state index in [4.69, 9.17) is 5.73 Å². The molecule has 0 aliphatic carbocycles. The van der Waals surface area contributed by atoms with E-state index in [0.29, 0.717) is 24.5 Å². The summed E-state index contributed by atoms with van der Waals surface area (Å²) in [5.41, 5.74) is 7.88. The molecule has 0 radical (unpaired) electrons. The molecule has 1 aliphatic rings. The van der Waals surface area contributed by atoms with Crippen molar-refractivity contribution in [1.82, 2.24) is 4.90 Å². The van der Waals surface area contributed by atoms with E-state index >= 15 is 0 Å². The number of thiophene rings is 1. The fraction of sp³-hybridized carbons (Fsp3) is 0.421. The van der Waals surface area contributed by atoms with Gasteiger partial charge in [0.2, 0.25) is 0 Å². The van der Waals surface area contributed by atoms with Crippen molar-refractivity contribution in [2.75, 3.05) is 25.9 Å². The van der Waals surface area contributed by atoms with Crippen molar-refractivity contribution in [3.8, 4) is 0 Å². The molecule has 1 fully saturated rings. The smallest absolute Gasteiger partial charge is 0.263 e. The molecule has 1 amide bonds. The maximum Gasteiger partial charge on any atom is 0.263 e. The molecule has 2 heterocycles. The summed E-state index contributed by atoms with van der Waals surface area (Å²) in [5.74, 6) is 0.412. The summed E-state index contributed by atoms with van der Waals surface area (Å²) in [6.45, 7) is 3.67. The maximum atomic E-state index is 13.0. The van der Waals surface area contributed by atoms with Crippen LogP contribution in [0.2, 0.25) is 0 Å². The molecule has 1 saturated heterocycles. The van der Waals surface area contributed by atoms with Crippen LogP contribution in [0.15, 0.2) is 36.4 Å². The molecule has 26 heavy (non-hydrogen) atoms. The van der Waals surface area contributed by atoms with E-state index in [1.165, 1.54) is 23.2 Å². The summed E-state index contributed by atoms with van der Waals surface area (Å²) in [7, 11) is -3.12. The molecule has 7 heteroatoms. The SMILES string of the molecule is Cc1sc(C(=O)N2C[C@@H](CN)[C@H](c3ccccc3)C2)cc1CS(C)(=O)=O. The van der Waals surface area contributed by atoms with E-state index in [0.717, 1.165) is 10.4 Å². The monoisotopic (exact) mass is 392 g/mol. The van der Waals surface area contributed by atoms with E-state index in [-0.39, 0.29) is 23.5 Å². The van der Waals surface area contributed by atoms with Crippen LogP contribution in [0.3, 0.4) is 0 Å². The van der Waals surface area contributed by atoms with Gasteiger partial charge in [0.15, 0.2) is 9.84 Å². The van der Waals surface area contributed by atoms with E-state index in [2.05, 4.69) is 12.1 Å². The van der Waals surface area contributed by atoms with Crippen molar-refractivity contribution in [1.29, 1.82) is 0 Å². The van der Waals surface area contributed by atoms with Crippen LogP contribution in [0.4, 0.5) is 0 Å². The predicted octanol–water partition coefficient (Wildman–Crippen LogP) is 2.42. The van der Waals surface area contributed by atoms with Crippen LogP contribution in [-0.2, 0) is 15.6 Å². The molecule has 0 bridgehead atoms. The third-order valence-corrected chi connectivity index (χ3v) is 6.82. The summed E-state index contributed by atoms with van der Waals surface area (Å²) >= 11 is 1.37. The number of nitrogens with two attached hydrogens (primary N) is 1. The Morgan fingerprint density at radius 3 is 2.58 bits per heavy atom. The Labute approximate surface area is 158 Å². The van der Waals surface area contributed by atoms with Crippen molar-refractivity contribution >= 4 is 27.1 Å². The van der Waals surface area contributed by atoms with Crippen LogP contribution in [0.25, 0.3) is 0 Å². The molecule has 1 aliphatic heterocycles. The molecule has 1 aromatic heterocycles. The third kappa shape index (κ3) is 4.16. The second kappa shape index (κ2) is 7.50. The van der Waals surface area contributed by atoms with Gasteiger partial charge in [-0.15, -0.1) is 11.3 Å². The highest BCUT2D eigenvalue weighted by Gasteiger charge is 2.36. The fourth-order valence-corrected chi connectivity index (χ4v) is 5.53. The Hall–Kier alpha value is -1.70. The number of aryl methyl sites for hydroxylation is 1. The lowest BCUT2D eigenvalue weighted by atomic mass is 9.89. The number of hydrogen-bond acceptors (Lipinski definition) is 5. The zero-order valence-corrected chi connectivity index (χ0v) is 16.6. The van der Waals surface area contributed by atoms with Crippen LogP contribution in [0.1, 0.15) is 31.6 Å². The molecular formula is C19H24N2O3S2. The Morgan fingerprint density at radius 1 is 1.27 bits per heavy atom. The highest BCUT2D eigenvalue weighted by atomic mass is 32.2. The first-order valence-electron chi connectivity index (χ1n) is 8.60. The van der Waals surface area contributed by atoms with Gasteiger partial charge < -0.3 is 10.6 Å². The van der Waals surface area contributed by atoms with Crippen LogP contribution >= 0.6 is 11.3 Å². The largest absolute Gasteiger partial charge is 0.337 e. The van der Waals surface area contributed by atoms with Crippen LogP contribution in [-0.4, -0.2) is 45.1 Å². The number of sulfone groups is 1. The third-order valence-electron chi connectivity index (χ3n) is 4.91. The first-order valence-corrected chi connectivity index (χ1v) is 11.5. The van der Waals surface area contributed by atoms with Crippen molar-refractivity contribution in [3.63, 3.8) is 0 Å². The Kier molecular flexibility index (Phi) is 5.50. The van der Waals surface area contributed by atoms with Gasteiger partial charge in [0, 0.05) is 30.1 Å². The van der Waals surface area contributed by atoms with Gasteiger partial charge in [0.05, 0.1) is 10.6 Å². The van der Waals surface area contributed by atoms with Gasteiger partial charge in [-0.25, -0.2) is 8.42 Å². The lowest BCUT2D eigenvalue weighted by Crippen LogP contribution is -2.29. The van der Waals surface area contributed by atoms with Crippen molar-refractivity contribution in [2.45, 2.75) is 18.6 Å². The molecular weight excluding hydrogens is 368 g/mol. The number of nitrogens with zero attached hydrogens (tertiary/aromatic N) is 1. The molecule has 3 rings (SSSR count). The molecule has 0 spiro atoms. The maximum absolute atomic E-state index is 13.0. The van der Waals surface area contributed by atoms with E-state index in [1.807, 2.05) is 30.0 Å². The number of likely N-dealkylation sites (tertiary alicyclic amines) is 1. The summed E-state index contributed by atoms with van der Waals surface area (Å²) in [6.07, 6.45) is 1.21. The molecule has 2 N–H and O–H groups in total. The lowest BCUT2D eigenvalue weighted by Gasteiger charge is -2.16. The van der Waals surface area contributed by atoms with E-state index in [9.17, 15) is 13.2 Å². The zero-order valence-electron chi connectivity index (χ0n) is 15.0. The van der Waals surface area contributed by atoms with E-state index < -0.39 is 9.84 Å². The summed E-state index contributed by atoms with van der Waals surface area (Å²) in [5, 5.41) is 0. The number of benzene rings is 1. The Balaban J connectivity index is 1.79. The van der Waals surface area contributed by atoms with Gasteiger partial charge in [0.25, 0.3) is 5.91 Å². The van der Waals surface area contributed by atoms with Gasteiger partial charge in [-0.1, -0.05) is 30.3 Å². The average Bonchev–Trinajstić information content (AvgIpc) is 3.18. The average molecular weight is 393 g/mol. The van der Waals surface area contributed by atoms with Gasteiger partial charge >= 0.3 is 0 Å². The van der Waals surface area contributed by atoms with Gasteiger partial charge in [-0.3, -0.25) is 4.79 Å². The summed E-state index contributed by atoms with van der Waals surface area (Å²) < 4.78 is 23.1. The highest BCUT2D eigenvalue weighted by molar-refractivity contribution is 7.89. The number of hydrogen-bond donors (Lipinski definition) is 1. The minimum absolute atomic E-state index is 0.0271. The second-order valence-electron chi connectivity index (χ2n) is 6.99. The van der Waals surface area contributed by atoms with Gasteiger partial charge in [-0.05, 0) is 36.6 Å². The van der Waals surface area contributed by atoms with E-state index in [1.54, 1.807) is 6.07 Å². The Bertz CT molecular complexity index is 891. The van der Waals surface area contributed by atoms with Crippen LogP contribution < -0.4 is 5.73 Å². The minimum atomic E-state index is -3.12. The number of amides is 1. The molecule has 140 valence electrons. The molecule has 0 unspecified atom stereocenters. The van der Waals surface area contributed by atoms with Gasteiger partial charge in [0.1, 0.15) is 0 Å². The first-order chi connectivity index (χ1) is 12.3. The van der Waals surface area contributed by atoms with Crippen LogP contribution in [0.5, 0.6) is 0 Å². The first kappa shape index (κ1) is 19.1. The zero-order chi connectivity index (χ0) is 18.9. The normalized spacial score (nSPS) is 20.5.